The topological polar surface area (TPSA) is 83.8 Å². The van der Waals surface area contributed by atoms with E-state index in [4.69, 9.17) is 11.6 Å². The van der Waals surface area contributed by atoms with E-state index >= 15 is 0 Å². The van der Waals surface area contributed by atoms with Crippen molar-refractivity contribution in [3.63, 3.8) is 0 Å². The van der Waals surface area contributed by atoms with Crippen LogP contribution in [0.1, 0.15) is 5.69 Å². The second-order valence-electron chi connectivity index (χ2n) is 4.62. The fraction of sp³-hybridized carbons (Fsp3) is 0.0769. The Balaban J connectivity index is 1.65. The van der Waals surface area contributed by atoms with Crippen LogP contribution in [0.5, 0.6) is 0 Å². The van der Waals surface area contributed by atoms with Crippen LogP contribution in [0.4, 0.5) is 10.2 Å². The van der Waals surface area contributed by atoms with Gasteiger partial charge in [0, 0.05) is 12.4 Å². The Morgan fingerprint density at radius 3 is 3.09 bits per heavy atom. The molecule has 7 nitrogen and oxygen atoms in total. The van der Waals surface area contributed by atoms with Gasteiger partial charge in [-0.3, -0.25) is 0 Å². The van der Waals surface area contributed by atoms with Gasteiger partial charge in [0.25, 0.3) is 0 Å². The molecule has 0 bridgehead atoms. The molecule has 0 saturated carbocycles. The lowest BCUT2D eigenvalue weighted by molar-refractivity contribution is 0.630. The lowest BCUT2D eigenvalue weighted by Crippen LogP contribution is -2.03. The molecule has 0 fully saturated rings. The van der Waals surface area contributed by atoms with Crippen molar-refractivity contribution in [2.45, 2.75) is 6.54 Å². The summed E-state index contributed by atoms with van der Waals surface area (Å²) in [6, 6.07) is 3.00. The lowest BCUT2D eigenvalue weighted by Gasteiger charge is -2.04. The van der Waals surface area contributed by atoms with E-state index < -0.39 is 0 Å². The molecule has 0 unspecified atom stereocenters. The Morgan fingerprint density at radius 2 is 2.23 bits per heavy atom. The smallest absolute Gasteiger partial charge is 0.226 e. The maximum absolute atomic E-state index is 13.6. The van der Waals surface area contributed by atoms with Crippen molar-refractivity contribution >= 4 is 34.2 Å². The van der Waals surface area contributed by atoms with Gasteiger partial charge in [-0.25, -0.2) is 14.4 Å². The predicted molar refractivity (Wildman–Crippen MR) is 79.2 cm³/mol. The van der Waals surface area contributed by atoms with E-state index in [1.54, 1.807) is 22.9 Å². The number of halogens is 2. The minimum atomic E-state index is -0.366. The normalized spacial score (nSPS) is 11.4. The molecule has 4 rings (SSSR count). The summed E-state index contributed by atoms with van der Waals surface area (Å²) >= 11 is 5.86. The van der Waals surface area contributed by atoms with Crippen molar-refractivity contribution in [1.29, 1.82) is 0 Å². The van der Waals surface area contributed by atoms with E-state index in [0.717, 1.165) is 0 Å². The molecule has 0 aliphatic rings. The van der Waals surface area contributed by atoms with Crippen molar-refractivity contribution < 1.29 is 4.39 Å². The van der Waals surface area contributed by atoms with Gasteiger partial charge in [0.1, 0.15) is 5.52 Å². The summed E-state index contributed by atoms with van der Waals surface area (Å²) in [5, 5.41) is 3.21. The molecule has 0 amide bonds. The molecular weight excluding hydrogens is 309 g/mol. The standard InChI is InChI=1S/C13H9ClFN7/c14-13-20-10(9-11(21-13)18-6-17-9)16-4-7-5-22-3-1-2-8(15)12(22)19-7/h1-3,5-6H,4H2,(H2,16,17,18,20,21). The van der Waals surface area contributed by atoms with Gasteiger partial charge < -0.3 is 14.7 Å². The third-order valence-electron chi connectivity index (χ3n) is 3.18. The molecule has 0 aliphatic heterocycles. The first-order valence-electron chi connectivity index (χ1n) is 6.43. The van der Waals surface area contributed by atoms with Crippen LogP contribution in [0.2, 0.25) is 5.28 Å². The Morgan fingerprint density at radius 1 is 1.32 bits per heavy atom. The summed E-state index contributed by atoms with van der Waals surface area (Å²) < 4.78 is 15.3. The molecule has 0 aromatic carbocycles. The molecule has 110 valence electrons. The molecule has 4 aromatic rings. The summed E-state index contributed by atoms with van der Waals surface area (Å²) in [4.78, 5) is 19.3. The highest BCUT2D eigenvalue weighted by molar-refractivity contribution is 6.28. The molecule has 0 atom stereocenters. The van der Waals surface area contributed by atoms with Gasteiger partial charge in [-0.1, -0.05) is 0 Å². The fourth-order valence-corrected chi connectivity index (χ4v) is 2.39. The average Bonchev–Trinajstić information content (AvgIpc) is 3.11. The molecule has 0 spiro atoms. The van der Waals surface area contributed by atoms with E-state index in [9.17, 15) is 4.39 Å². The number of hydrogen-bond donors (Lipinski definition) is 2. The average molecular weight is 318 g/mol. The number of aromatic nitrogens is 6. The van der Waals surface area contributed by atoms with Crippen LogP contribution in [0.3, 0.4) is 0 Å². The van der Waals surface area contributed by atoms with Gasteiger partial charge in [0.15, 0.2) is 22.9 Å². The number of hydrogen-bond acceptors (Lipinski definition) is 5. The second-order valence-corrected chi connectivity index (χ2v) is 4.95. The van der Waals surface area contributed by atoms with E-state index in [2.05, 4.69) is 30.2 Å². The Labute approximate surface area is 128 Å². The maximum Gasteiger partial charge on any atom is 0.226 e. The zero-order chi connectivity index (χ0) is 15.1. The number of aromatic amines is 1. The Hall–Kier alpha value is -2.74. The quantitative estimate of drug-likeness (QED) is 0.567. The van der Waals surface area contributed by atoms with Crippen LogP contribution in [0, 0.1) is 5.82 Å². The fourth-order valence-electron chi connectivity index (χ4n) is 2.22. The highest BCUT2D eigenvalue weighted by atomic mass is 35.5. The molecule has 0 radical (unpaired) electrons. The van der Waals surface area contributed by atoms with Gasteiger partial charge in [0.2, 0.25) is 5.28 Å². The number of H-pyrrole nitrogens is 1. The largest absolute Gasteiger partial charge is 0.362 e. The molecule has 9 heteroatoms. The van der Waals surface area contributed by atoms with Crippen LogP contribution in [0.15, 0.2) is 30.9 Å². The number of rotatable bonds is 3. The minimum absolute atomic E-state index is 0.100. The van der Waals surface area contributed by atoms with Gasteiger partial charge in [-0.05, 0) is 23.7 Å². The number of fused-ring (bicyclic) bond motifs is 2. The number of nitrogens with zero attached hydrogens (tertiary/aromatic N) is 5. The summed E-state index contributed by atoms with van der Waals surface area (Å²) in [5.74, 6) is 0.153. The second kappa shape index (κ2) is 4.92. The molecule has 4 aromatic heterocycles. The molecule has 0 aliphatic carbocycles. The highest BCUT2D eigenvalue weighted by Crippen LogP contribution is 2.19. The first-order valence-corrected chi connectivity index (χ1v) is 6.81. The molecular formula is C13H9ClFN7. The van der Waals surface area contributed by atoms with Crippen LogP contribution >= 0.6 is 11.6 Å². The van der Waals surface area contributed by atoms with Gasteiger partial charge >= 0.3 is 0 Å². The van der Waals surface area contributed by atoms with Crippen molar-refractivity contribution in [2.24, 2.45) is 0 Å². The zero-order valence-corrected chi connectivity index (χ0v) is 11.8. The van der Waals surface area contributed by atoms with Crippen molar-refractivity contribution in [1.82, 2.24) is 29.3 Å². The number of nitrogens with one attached hydrogen (secondary N) is 2. The van der Waals surface area contributed by atoms with Crippen molar-refractivity contribution in [2.75, 3.05) is 5.32 Å². The minimum Gasteiger partial charge on any atom is -0.362 e. The highest BCUT2D eigenvalue weighted by Gasteiger charge is 2.10. The lowest BCUT2D eigenvalue weighted by atomic mass is 10.4. The molecule has 22 heavy (non-hydrogen) atoms. The number of pyridine rings is 1. The number of anilines is 1. The van der Waals surface area contributed by atoms with E-state index in [-0.39, 0.29) is 16.7 Å². The first-order chi connectivity index (χ1) is 10.7. The summed E-state index contributed by atoms with van der Waals surface area (Å²) in [7, 11) is 0. The van der Waals surface area contributed by atoms with Crippen LogP contribution in [-0.4, -0.2) is 29.3 Å². The summed E-state index contributed by atoms with van der Waals surface area (Å²) in [6.45, 7) is 0.364. The zero-order valence-electron chi connectivity index (χ0n) is 11.1. The monoisotopic (exact) mass is 317 g/mol. The third kappa shape index (κ3) is 2.13. The van der Waals surface area contributed by atoms with E-state index in [1.165, 1.54) is 12.4 Å². The molecule has 2 N–H and O–H groups in total. The summed E-state index contributed by atoms with van der Waals surface area (Å²) in [5.41, 5.74) is 2.09. The van der Waals surface area contributed by atoms with Crippen molar-refractivity contribution in [3.8, 4) is 0 Å². The molecule has 4 heterocycles. The van der Waals surface area contributed by atoms with Crippen molar-refractivity contribution in [3.05, 3.63) is 47.6 Å². The van der Waals surface area contributed by atoms with E-state index in [1.807, 2.05) is 0 Å². The van der Waals surface area contributed by atoms with Crippen LogP contribution in [0.25, 0.3) is 16.8 Å². The van der Waals surface area contributed by atoms with E-state index in [0.29, 0.717) is 29.2 Å². The van der Waals surface area contributed by atoms with Gasteiger partial charge in [-0.15, -0.1) is 0 Å². The van der Waals surface area contributed by atoms with Gasteiger partial charge in [-0.2, -0.15) is 9.97 Å². The maximum atomic E-state index is 13.6. The Kier molecular flexibility index (Phi) is 2.90. The molecule has 0 saturated heterocycles. The van der Waals surface area contributed by atoms with Crippen LogP contribution in [-0.2, 0) is 6.54 Å². The van der Waals surface area contributed by atoms with Crippen LogP contribution < -0.4 is 5.32 Å². The third-order valence-corrected chi connectivity index (χ3v) is 3.35. The van der Waals surface area contributed by atoms with Gasteiger partial charge in [0.05, 0.1) is 18.6 Å². The predicted octanol–water partition coefficient (Wildman–Crippen LogP) is 2.41. The summed E-state index contributed by atoms with van der Waals surface area (Å²) in [6.07, 6.45) is 5.00. The number of imidazole rings is 2. The first kappa shape index (κ1) is 13.0. The SMILES string of the molecule is Fc1cccn2cc(CNc3nc(Cl)nc4nc[nH]c34)nc12. The Bertz CT molecular complexity index is 977.